The number of halogens is 1. The molecule has 1 unspecified atom stereocenters. The molecule has 0 aromatic carbocycles. The summed E-state index contributed by atoms with van der Waals surface area (Å²) in [5.41, 5.74) is 3.14. The van der Waals surface area contributed by atoms with Crippen molar-refractivity contribution in [1.29, 1.82) is 0 Å². The van der Waals surface area contributed by atoms with Crippen LogP contribution in [0.2, 0.25) is 0 Å². The molecule has 1 aliphatic heterocycles. The third-order valence-corrected chi connectivity index (χ3v) is 8.56. The molecule has 164 valence electrons. The smallest absolute Gasteiger partial charge is 0.114 e. The van der Waals surface area contributed by atoms with Crippen molar-refractivity contribution in [2.24, 2.45) is 23.2 Å². The number of hydrogen-bond donors (Lipinski definition) is 2. The number of likely N-dealkylation sites (tertiary alicyclic amines) is 1. The van der Waals surface area contributed by atoms with E-state index in [9.17, 15) is 14.6 Å². The highest BCUT2D eigenvalue weighted by Crippen LogP contribution is 2.59. The van der Waals surface area contributed by atoms with E-state index in [0.717, 1.165) is 19.0 Å². The first-order chi connectivity index (χ1) is 13.8. The van der Waals surface area contributed by atoms with Crippen molar-refractivity contribution in [3.63, 3.8) is 0 Å². The minimum absolute atomic E-state index is 0.364. The molecule has 0 radical (unpaired) electrons. The van der Waals surface area contributed by atoms with Gasteiger partial charge in [0.2, 0.25) is 0 Å². The van der Waals surface area contributed by atoms with E-state index in [0.29, 0.717) is 49.5 Å². The maximum atomic E-state index is 13.6. The van der Waals surface area contributed by atoms with E-state index >= 15 is 0 Å². The van der Waals surface area contributed by atoms with Crippen molar-refractivity contribution in [2.75, 3.05) is 19.6 Å². The Hall–Kier alpha value is -0.710. The van der Waals surface area contributed by atoms with Gasteiger partial charge in [0.1, 0.15) is 6.17 Å². The van der Waals surface area contributed by atoms with Gasteiger partial charge in [-0.25, -0.2) is 4.39 Å². The lowest BCUT2D eigenvalue weighted by atomic mass is 9.61. The first-order valence-electron chi connectivity index (χ1n) is 12.0. The lowest BCUT2D eigenvalue weighted by molar-refractivity contribution is 0.0609. The zero-order valence-corrected chi connectivity index (χ0v) is 18.3. The van der Waals surface area contributed by atoms with Gasteiger partial charge in [0.15, 0.2) is 0 Å². The van der Waals surface area contributed by atoms with Gasteiger partial charge in [-0.1, -0.05) is 37.1 Å². The quantitative estimate of drug-likeness (QED) is 0.716. The number of aliphatic hydroxyl groups excluding tert-OH is 2. The number of fused-ring (bicyclic) bond motifs is 1. The van der Waals surface area contributed by atoms with Crippen molar-refractivity contribution in [3.05, 3.63) is 23.3 Å². The van der Waals surface area contributed by atoms with Crippen LogP contribution in [0.5, 0.6) is 0 Å². The van der Waals surface area contributed by atoms with Crippen LogP contribution in [0.25, 0.3) is 0 Å². The van der Waals surface area contributed by atoms with Gasteiger partial charge in [0, 0.05) is 19.6 Å². The van der Waals surface area contributed by atoms with Gasteiger partial charge in [-0.2, -0.15) is 0 Å². The number of rotatable bonds is 4. The molecular weight excluding hydrogens is 365 g/mol. The van der Waals surface area contributed by atoms with E-state index in [4.69, 9.17) is 0 Å². The summed E-state index contributed by atoms with van der Waals surface area (Å²) in [5, 5.41) is 19.9. The zero-order valence-electron chi connectivity index (χ0n) is 18.3. The Bertz CT molecular complexity index is 635. The Morgan fingerprint density at radius 2 is 1.93 bits per heavy atom. The van der Waals surface area contributed by atoms with E-state index in [1.54, 1.807) is 5.57 Å². The maximum absolute atomic E-state index is 13.6. The van der Waals surface area contributed by atoms with Gasteiger partial charge in [0.25, 0.3) is 0 Å². The second-order valence-electron chi connectivity index (χ2n) is 10.7. The molecule has 4 rings (SSSR count). The summed E-state index contributed by atoms with van der Waals surface area (Å²) in [4.78, 5) is 2.34. The molecule has 4 fully saturated rings. The van der Waals surface area contributed by atoms with Crippen LogP contribution in [0.15, 0.2) is 23.3 Å². The Labute approximate surface area is 176 Å². The molecule has 0 aromatic rings. The van der Waals surface area contributed by atoms with Crippen molar-refractivity contribution in [1.82, 2.24) is 4.90 Å². The van der Waals surface area contributed by atoms with E-state index in [2.05, 4.69) is 30.9 Å². The molecule has 1 saturated heterocycles. The summed E-state index contributed by atoms with van der Waals surface area (Å²) in [7, 11) is 0. The molecule has 3 aliphatic carbocycles. The van der Waals surface area contributed by atoms with Crippen molar-refractivity contribution >= 4 is 0 Å². The number of allylic oxidation sites excluding steroid dienone is 3. The fourth-order valence-electron chi connectivity index (χ4n) is 7.23. The normalized spacial score (nSPS) is 45.1. The molecule has 3 nitrogen and oxygen atoms in total. The SMILES string of the molecule is CC(CN1CC[C@H](F)C1)[C@H]1CC[C@H]2/C(=C/C=C3C[C@@H](O)C[C@@H](O)C3)CCC[C@]12C. The summed E-state index contributed by atoms with van der Waals surface area (Å²) in [5.74, 6) is 2.00. The number of alkyl halides is 1. The minimum Gasteiger partial charge on any atom is -0.393 e. The fourth-order valence-corrected chi connectivity index (χ4v) is 7.23. The minimum atomic E-state index is -0.622. The molecular formula is C25H40FNO2. The Balaban J connectivity index is 1.44. The number of aliphatic hydroxyl groups is 2. The first-order valence-corrected chi connectivity index (χ1v) is 12.0. The highest BCUT2D eigenvalue weighted by Gasteiger charge is 2.50. The van der Waals surface area contributed by atoms with Crippen LogP contribution >= 0.6 is 0 Å². The molecule has 0 spiro atoms. The number of nitrogens with zero attached hydrogens (tertiary/aromatic N) is 1. The maximum Gasteiger partial charge on any atom is 0.114 e. The van der Waals surface area contributed by atoms with Crippen LogP contribution in [0.4, 0.5) is 4.39 Å². The van der Waals surface area contributed by atoms with E-state index in [-0.39, 0.29) is 0 Å². The van der Waals surface area contributed by atoms with Crippen LogP contribution in [0.3, 0.4) is 0 Å². The largest absolute Gasteiger partial charge is 0.393 e. The van der Waals surface area contributed by atoms with E-state index in [1.807, 2.05) is 0 Å². The summed E-state index contributed by atoms with van der Waals surface area (Å²) in [6.45, 7) is 7.52. The molecule has 0 aromatic heterocycles. The highest BCUT2D eigenvalue weighted by molar-refractivity contribution is 5.26. The van der Waals surface area contributed by atoms with E-state index in [1.165, 1.54) is 37.7 Å². The Morgan fingerprint density at radius 1 is 1.17 bits per heavy atom. The molecule has 0 bridgehead atoms. The van der Waals surface area contributed by atoms with Crippen LogP contribution in [-0.4, -0.2) is 53.1 Å². The molecule has 0 amide bonds. The van der Waals surface area contributed by atoms with Crippen LogP contribution in [0, 0.1) is 23.2 Å². The van der Waals surface area contributed by atoms with E-state index < -0.39 is 18.4 Å². The van der Waals surface area contributed by atoms with Crippen LogP contribution in [-0.2, 0) is 0 Å². The lowest BCUT2D eigenvalue weighted by Gasteiger charge is -2.45. The van der Waals surface area contributed by atoms with Crippen LogP contribution < -0.4 is 0 Å². The highest BCUT2D eigenvalue weighted by atomic mass is 19.1. The van der Waals surface area contributed by atoms with Gasteiger partial charge >= 0.3 is 0 Å². The molecule has 1 heterocycles. The van der Waals surface area contributed by atoms with Gasteiger partial charge in [-0.3, -0.25) is 0 Å². The topological polar surface area (TPSA) is 43.7 Å². The van der Waals surface area contributed by atoms with Gasteiger partial charge in [-0.05, 0) is 81.0 Å². The lowest BCUT2D eigenvalue weighted by Crippen LogP contribution is -2.39. The number of hydrogen-bond acceptors (Lipinski definition) is 3. The summed E-state index contributed by atoms with van der Waals surface area (Å²) < 4.78 is 13.6. The molecule has 29 heavy (non-hydrogen) atoms. The Morgan fingerprint density at radius 3 is 2.62 bits per heavy atom. The van der Waals surface area contributed by atoms with Gasteiger partial charge in [0.05, 0.1) is 12.2 Å². The third-order valence-electron chi connectivity index (χ3n) is 8.56. The summed E-state index contributed by atoms with van der Waals surface area (Å²) in [6.07, 6.45) is 12.1. The third kappa shape index (κ3) is 4.65. The predicted molar refractivity (Wildman–Crippen MR) is 115 cm³/mol. The van der Waals surface area contributed by atoms with Crippen molar-refractivity contribution in [2.45, 2.75) is 90.0 Å². The second kappa shape index (κ2) is 8.80. The van der Waals surface area contributed by atoms with Gasteiger partial charge in [-0.15, -0.1) is 0 Å². The molecule has 4 heteroatoms. The molecule has 4 aliphatic rings. The van der Waals surface area contributed by atoms with Gasteiger partial charge < -0.3 is 15.1 Å². The zero-order chi connectivity index (χ0) is 20.6. The fraction of sp³-hybridized carbons (Fsp3) is 0.840. The molecule has 2 N–H and O–H groups in total. The average molecular weight is 406 g/mol. The summed E-state index contributed by atoms with van der Waals surface area (Å²) in [6, 6.07) is 0. The first kappa shape index (κ1) is 21.5. The average Bonchev–Trinajstić information content (AvgIpc) is 3.21. The predicted octanol–water partition coefficient (Wildman–Crippen LogP) is 4.64. The van der Waals surface area contributed by atoms with Crippen LogP contribution in [0.1, 0.15) is 71.6 Å². The Kier molecular flexibility index (Phi) is 6.53. The van der Waals surface area contributed by atoms with Crippen molar-refractivity contribution in [3.8, 4) is 0 Å². The standard InChI is InChI=1S/C25H40FNO2/c1-17(15-27-11-9-20(26)16-27)23-7-8-24-19(4-3-10-25(23,24)2)6-5-18-12-21(28)14-22(29)13-18/h5-6,17,20-24,28-29H,3-4,7-16H2,1-2H3/b18-5?,19-6+/t17?,20-,21-,22+,23+,24-,25+/m0/s1. The van der Waals surface area contributed by atoms with Crippen molar-refractivity contribution < 1.29 is 14.6 Å². The molecule has 7 atom stereocenters. The molecule has 3 saturated carbocycles. The monoisotopic (exact) mass is 405 g/mol. The summed E-state index contributed by atoms with van der Waals surface area (Å²) >= 11 is 0. The second-order valence-corrected chi connectivity index (χ2v) is 10.7.